The molecule has 0 unspecified atom stereocenters. The van der Waals surface area contributed by atoms with E-state index in [9.17, 15) is 9.59 Å². The molecule has 0 aromatic heterocycles. The molecule has 1 atom stereocenters. The Hall–Kier alpha value is -1.88. The summed E-state index contributed by atoms with van der Waals surface area (Å²) in [6.07, 6.45) is 4.92. The van der Waals surface area contributed by atoms with Gasteiger partial charge in [-0.05, 0) is 30.9 Å². The first-order chi connectivity index (χ1) is 12.2. The van der Waals surface area contributed by atoms with Crippen molar-refractivity contribution in [3.63, 3.8) is 0 Å². The van der Waals surface area contributed by atoms with Crippen molar-refractivity contribution in [3.05, 3.63) is 35.4 Å². The normalized spacial score (nSPS) is 21.1. The van der Waals surface area contributed by atoms with Gasteiger partial charge in [-0.15, -0.1) is 0 Å². The van der Waals surface area contributed by atoms with Crippen LogP contribution in [-0.4, -0.2) is 35.9 Å². The number of nitrogens with zero attached hydrogens (tertiary/aromatic N) is 1. The SMILES string of the molecule is CCOCc1ccccc1CNC(=O)[C@H]1CC(=O)N(C2CCCC2)C1. The molecule has 2 amide bonds. The predicted molar refractivity (Wildman–Crippen MR) is 95.7 cm³/mol. The third kappa shape index (κ3) is 4.40. The highest BCUT2D eigenvalue weighted by atomic mass is 16.5. The number of rotatable bonds is 7. The molecule has 3 rings (SSSR count). The summed E-state index contributed by atoms with van der Waals surface area (Å²) in [7, 11) is 0. The molecule has 1 aromatic rings. The third-order valence-corrected chi connectivity index (χ3v) is 5.33. The summed E-state index contributed by atoms with van der Waals surface area (Å²) < 4.78 is 5.49. The molecule has 25 heavy (non-hydrogen) atoms. The third-order valence-electron chi connectivity index (χ3n) is 5.33. The van der Waals surface area contributed by atoms with Crippen LogP contribution in [0.1, 0.15) is 50.2 Å². The first kappa shape index (κ1) is 17.9. The molecular weight excluding hydrogens is 316 g/mol. The van der Waals surface area contributed by atoms with Gasteiger partial charge in [0.05, 0.1) is 12.5 Å². The fraction of sp³-hybridized carbons (Fsp3) is 0.600. The molecule has 2 fully saturated rings. The van der Waals surface area contributed by atoms with E-state index in [0.29, 0.717) is 38.8 Å². The number of carbonyl (C=O) groups excluding carboxylic acids is 2. The van der Waals surface area contributed by atoms with Crippen molar-refractivity contribution in [2.45, 2.75) is 58.2 Å². The quantitative estimate of drug-likeness (QED) is 0.827. The van der Waals surface area contributed by atoms with Crippen LogP contribution in [0.3, 0.4) is 0 Å². The Labute approximate surface area is 149 Å². The van der Waals surface area contributed by atoms with Gasteiger partial charge in [-0.25, -0.2) is 0 Å². The predicted octanol–water partition coefficient (Wildman–Crippen LogP) is 2.63. The number of carbonyl (C=O) groups is 2. The van der Waals surface area contributed by atoms with E-state index in [1.807, 2.05) is 36.1 Å². The lowest BCUT2D eigenvalue weighted by atomic mass is 10.1. The van der Waals surface area contributed by atoms with E-state index in [2.05, 4.69) is 5.32 Å². The van der Waals surface area contributed by atoms with Gasteiger partial charge in [0.15, 0.2) is 0 Å². The summed E-state index contributed by atoms with van der Waals surface area (Å²) in [6, 6.07) is 8.35. The highest BCUT2D eigenvalue weighted by Crippen LogP contribution is 2.29. The Balaban J connectivity index is 1.54. The maximum absolute atomic E-state index is 12.5. The summed E-state index contributed by atoms with van der Waals surface area (Å²) in [5.74, 6) is -0.0870. The summed E-state index contributed by atoms with van der Waals surface area (Å²) >= 11 is 0. The zero-order valence-electron chi connectivity index (χ0n) is 15.0. The first-order valence-corrected chi connectivity index (χ1v) is 9.40. The minimum atomic E-state index is -0.216. The Morgan fingerprint density at radius 1 is 1.24 bits per heavy atom. The van der Waals surface area contributed by atoms with Crippen molar-refractivity contribution in [1.82, 2.24) is 10.2 Å². The van der Waals surface area contributed by atoms with Gasteiger partial charge >= 0.3 is 0 Å². The maximum atomic E-state index is 12.5. The standard InChI is InChI=1S/C20H28N2O3/c1-2-25-14-16-8-4-3-7-15(16)12-21-20(24)17-11-19(23)22(13-17)18-9-5-6-10-18/h3-4,7-8,17-18H,2,5-6,9-14H2,1H3,(H,21,24)/t17-/m0/s1. The molecule has 1 saturated heterocycles. The first-order valence-electron chi connectivity index (χ1n) is 9.40. The number of hydrogen-bond acceptors (Lipinski definition) is 3. The Bertz CT molecular complexity index is 611. The van der Waals surface area contributed by atoms with Gasteiger partial charge in [0.2, 0.25) is 11.8 Å². The minimum Gasteiger partial charge on any atom is -0.377 e. The molecule has 5 heteroatoms. The van der Waals surface area contributed by atoms with Crippen LogP contribution in [-0.2, 0) is 27.5 Å². The van der Waals surface area contributed by atoms with Crippen molar-refractivity contribution in [2.24, 2.45) is 5.92 Å². The van der Waals surface area contributed by atoms with Crippen LogP contribution in [0.25, 0.3) is 0 Å². The molecule has 1 saturated carbocycles. The Morgan fingerprint density at radius 2 is 1.96 bits per heavy atom. The van der Waals surface area contributed by atoms with Crippen molar-refractivity contribution in [3.8, 4) is 0 Å². The van der Waals surface area contributed by atoms with E-state index in [-0.39, 0.29) is 17.7 Å². The average Bonchev–Trinajstić information content (AvgIpc) is 3.28. The van der Waals surface area contributed by atoms with Gasteiger partial charge in [-0.3, -0.25) is 9.59 Å². The van der Waals surface area contributed by atoms with E-state index in [0.717, 1.165) is 24.0 Å². The van der Waals surface area contributed by atoms with Crippen molar-refractivity contribution in [1.29, 1.82) is 0 Å². The van der Waals surface area contributed by atoms with Crippen LogP contribution in [0.2, 0.25) is 0 Å². The van der Waals surface area contributed by atoms with E-state index in [1.165, 1.54) is 12.8 Å². The smallest absolute Gasteiger partial charge is 0.225 e. The lowest BCUT2D eigenvalue weighted by Gasteiger charge is -2.23. The van der Waals surface area contributed by atoms with Crippen LogP contribution in [0.15, 0.2) is 24.3 Å². The maximum Gasteiger partial charge on any atom is 0.225 e. The molecular formula is C20H28N2O3. The number of likely N-dealkylation sites (tertiary alicyclic amines) is 1. The summed E-state index contributed by atoms with van der Waals surface area (Å²) in [5, 5.41) is 3.02. The minimum absolute atomic E-state index is 0.0138. The molecule has 5 nitrogen and oxygen atoms in total. The van der Waals surface area contributed by atoms with Crippen LogP contribution < -0.4 is 5.32 Å². The number of benzene rings is 1. The monoisotopic (exact) mass is 344 g/mol. The molecule has 0 spiro atoms. The van der Waals surface area contributed by atoms with E-state index in [1.54, 1.807) is 0 Å². The number of amides is 2. The Morgan fingerprint density at radius 3 is 2.68 bits per heavy atom. The summed E-state index contributed by atoms with van der Waals surface area (Å²) in [4.78, 5) is 26.7. The fourth-order valence-corrected chi connectivity index (χ4v) is 3.89. The van der Waals surface area contributed by atoms with Crippen molar-refractivity contribution >= 4 is 11.8 Å². The molecule has 1 heterocycles. The summed E-state index contributed by atoms with van der Waals surface area (Å²) in [6.45, 7) is 4.26. The van der Waals surface area contributed by atoms with E-state index < -0.39 is 0 Å². The molecule has 1 aliphatic heterocycles. The second-order valence-corrected chi connectivity index (χ2v) is 7.01. The highest BCUT2D eigenvalue weighted by Gasteiger charge is 2.38. The fourth-order valence-electron chi connectivity index (χ4n) is 3.89. The second-order valence-electron chi connectivity index (χ2n) is 7.01. The molecule has 2 aliphatic rings. The van der Waals surface area contributed by atoms with Gasteiger partial charge in [0.1, 0.15) is 0 Å². The Kier molecular flexibility index (Phi) is 6.08. The summed E-state index contributed by atoms with van der Waals surface area (Å²) in [5.41, 5.74) is 2.17. The van der Waals surface area contributed by atoms with Gasteiger partial charge in [0.25, 0.3) is 0 Å². The van der Waals surface area contributed by atoms with Gasteiger partial charge < -0.3 is 15.0 Å². The topological polar surface area (TPSA) is 58.6 Å². The average molecular weight is 344 g/mol. The number of ether oxygens (including phenoxy) is 1. The molecule has 136 valence electrons. The van der Waals surface area contributed by atoms with Crippen LogP contribution in [0.5, 0.6) is 0 Å². The van der Waals surface area contributed by atoms with Crippen LogP contribution in [0.4, 0.5) is 0 Å². The van der Waals surface area contributed by atoms with E-state index in [4.69, 9.17) is 4.74 Å². The van der Waals surface area contributed by atoms with Crippen LogP contribution in [0, 0.1) is 5.92 Å². The lowest BCUT2D eigenvalue weighted by molar-refractivity contribution is -0.130. The molecule has 1 aromatic carbocycles. The number of nitrogens with one attached hydrogen (secondary N) is 1. The van der Waals surface area contributed by atoms with E-state index >= 15 is 0 Å². The molecule has 1 N–H and O–H groups in total. The molecule has 1 aliphatic carbocycles. The number of hydrogen-bond donors (Lipinski definition) is 1. The highest BCUT2D eigenvalue weighted by molar-refractivity contribution is 5.89. The second kappa shape index (κ2) is 8.48. The van der Waals surface area contributed by atoms with Gasteiger partial charge in [0, 0.05) is 32.2 Å². The largest absolute Gasteiger partial charge is 0.377 e. The zero-order valence-corrected chi connectivity index (χ0v) is 15.0. The molecule has 0 bridgehead atoms. The van der Waals surface area contributed by atoms with Crippen LogP contribution >= 0.6 is 0 Å². The van der Waals surface area contributed by atoms with Gasteiger partial charge in [-0.2, -0.15) is 0 Å². The lowest BCUT2D eigenvalue weighted by Crippen LogP contribution is -2.36. The van der Waals surface area contributed by atoms with Crippen molar-refractivity contribution in [2.75, 3.05) is 13.2 Å². The van der Waals surface area contributed by atoms with Crippen molar-refractivity contribution < 1.29 is 14.3 Å². The zero-order chi connectivity index (χ0) is 17.6. The molecule has 0 radical (unpaired) electrons. The van der Waals surface area contributed by atoms with Gasteiger partial charge in [-0.1, -0.05) is 37.1 Å².